The van der Waals surface area contributed by atoms with Gasteiger partial charge in [0.25, 0.3) is 0 Å². The van der Waals surface area contributed by atoms with E-state index in [2.05, 4.69) is 10.3 Å². The maximum atomic E-state index is 11.8. The number of rotatable bonds is 8. The van der Waals surface area contributed by atoms with Crippen LogP contribution in [0.1, 0.15) is 12.2 Å². The number of hydrogen-bond acceptors (Lipinski definition) is 5. The van der Waals surface area contributed by atoms with E-state index in [0.29, 0.717) is 36.3 Å². The number of ether oxygens (including phenoxy) is 1. The van der Waals surface area contributed by atoms with Crippen LogP contribution in [0.5, 0.6) is 5.75 Å². The lowest BCUT2D eigenvalue weighted by Crippen LogP contribution is -2.28. The zero-order valence-corrected chi connectivity index (χ0v) is 13.8. The normalized spacial score (nSPS) is 10.4. The molecule has 0 atom stereocenters. The van der Waals surface area contributed by atoms with Crippen LogP contribution in [0, 0.1) is 17.0 Å². The number of nitrogens with one attached hydrogen (secondary N) is 1. The SMILES string of the molecule is Cc1nc([N+](=O)[O-])cn1CCC(=O)NCCOc1ccc(Cl)cc1. The molecular weight excluding hydrogens is 336 g/mol. The lowest BCUT2D eigenvalue weighted by molar-refractivity contribution is -0.389. The Bertz CT molecular complexity index is 715. The standard InChI is InChI=1S/C15H17ClN4O4/c1-11-18-14(20(22)23)10-19(11)8-6-15(21)17-7-9-24-13-4-2-12(16)3-5-13/h2-5,10H,6-9H2,1H3,(H,17,21). The molecule has 1 aromatic heterocycles. The molecule has 2 rings (SSSR count). The Balaban J connectivity index is 1.68. The second kappa shape index (κ2) is 8.30. The Kier molecular flexibility index (Phi) is 6.14. The summed E-state index contributed by atoms with van der Waals surface area (Å²) in [5, 5.41) is 14.0. The summed E-state index contributed by atoms with van der Waals surface area (Å²) in [4.78, 5) is 25.7. The number of carbonyl (C=O) groups is 1. The summed E-state index contributed by atoms with van der Waals surface area (Å²) >= 11 is 5.77. The summed E-state index contributed by atoms with van der Waals surface area (Å²) in [5.41, 5.74) is 0. The third-order valence-electron chi connectivity index (χ3n) is 3.24. The molecule has 0 fully saturated rings. The van der Waals surface area contributed by atoms with Crippen molar-refractivity contribution in [3.63, 3.8) is 0 Å². The van der Waals surface area contributed by atoms with Gasteiger partial charge in [0.15, 0.2) is 0 Å². The Morgan fingerprint density at radius 1 is 1.42 bits per heavy atom. The van der Waals surface area contributed by atoms with Crippen LogP contribution in [0.2, 0.25) is 5.02 Å². The van der Waals surface area contributed by atoms with E-state index in [4.69, 9.17) is 16.3 Å². The van der Waals surface area contributed by atoms with Crippen molar-refractivity contribution in [2.24, 2.45) is 0 Å². The topological polar surface area (TPSA) is 99.3 Å². The van der Waals surface area contributed by atoms with Crippen molar-refractivity contribution in [2.75, 3.05) is 13.2 Å². The average molecular weight is 353 g/mol. The first kappa shape index (κ1) is 17.7. The second-order valence-corrected chi connectivity index (χ2v) is 5.44. The molecule has 1 N–H and O–H groups in total. The van der Waals surface area contributed by atoms with Crippen LogP contribution in [0.25, 0.3) is 0 Å². The molecule has 1 heterocycles. The largest absolute Gasteiger partial charge is 0.492 e. The van der Waals surface area contributed by atoms with Crippen LogP contribution in [0.15, 0.2) is 30.5 Å². The first-order chi connectivity index (χ1) is 11.5. The molecule has 0 radical (unpaired) electrons. The predicted molar refractivity (Wildman–Crippen MR) is 88.2 cm³/mol. The Morgan fingerprint density at radius 3 is 2.75 bits per heavy atom. The predicted octanol–water partition coefficient (Wildman–Crippen LogP) is 2.34. The van der Waals surface area contributed by atoms with Gasteiger partial charge in [0.1, 0.15) is 18.6 Å². The van der Waals surface area contributed by atoms with Crippen LogP contribution in [-0.4, -0.2) is 33.5 Å². The highest BCUT2D eigenvalue weighted by Gasteiger charge is 2.15. The lowest BCUT2D eigenvalue weighted by Gasteiger charge is -2.08. The number of nitro groups is 1. The molecule has 0 unspecified atom stereocenters. The van der Waals surface area contributed by atoms with Gasteiger partial charge in [0.2, 0.25) is 11.7 Å². The zero-order valence-electron chi connectivity index (χ0n) is 13.1. The van der Waals surface area contributed by atoms with Crippen LogP contribution < -0.4 is 10.1 Å². The van der Waals surface area contributed by atoms with Crippen molar-refractivity contribution in [3.05, 3.63) is 51.4 Å². The lowest BCUT2D eigenvalue weighted by atomic mass is 10.3. The summed E-state index contributed by atoms with van der Waals surface area (Å²) < 4.78 is 7.04. The molecule has 1 aromatic carbocycles. The van der Waals surface area contributed by atoms with Crippen molar-refractivity contribution >= 4 is 23.3 Å². The van der Waals surface area contributed by atoms with E-state index < -0.39 is 4.92 Å². The van der Waals surface area contributed by atoms with Gasteiger partial charge in [0, 0.05) is 24.9 Å². The number of hydrogen-bond donors (Lipinski definition) is 1. The van der Waals surface area contributed by atoms with E-state index in [0.717, 1.165) is 0 Å². The number of imidazole rings is 1. The third-order valence-corrected chi connectivity index (χ3v) is 3.49. The molecule has 128 valence electrons. The Morgan fingerprint density at radius 2 is 2.12 bits per heavy atom. The fourth-order valence-corrected chi connectivity index (χ4v) is 2.13. The summed E-state index contributed by atoms with van der Waals surface area (Å²) in [6.07, 6.45) is 1.53. The van der Waals surface area contributed by atoms with E-state index in [1.807, 2.05) is 0 Å². The fourth-order valence-electron chi connectivity index (χ4n) is 2.01. The van der Waals surface area contributed by atoms with Crippen molar-refractivity contribution in [1.29, 1.82) is 0 Å². The van der Waals surface area contributed by atoms with Gasteiger partial charge >= 0.3 is 5.82 Å². The van der Waals surface area contributed by atoms with Gasteiger partial charge < -0.3 is 24.7 Å². The number of aryl methyl sites for hydroxylation is 2. The molecule has 1 amide bonds. The number of benzene rings is 1. The highest BCUT2D eigenvalue weighted by Crippen LogP contribution is 2.15. The van der Waals surface area contributed by atoms with Gasteiger partial charge in [0.05, 0.1) is 6.54 Å². The second-order valence-electron chi connectivity index (χ2n) is 5.00. The summed E-state index contributed by atoms with van der Waals surface area (Å²) in [6.45, 7) is 2.69. The molecule has 0 saturated carbocycles. The van der Waals surface area contributed by atoms with Gasteiger partial charge in [-0.1, -0.05) is 11.6 Å². The van der Waals surface area contributed by atoms with Crippen molar-refractivity contribution in [1.82, 2.24) is 14.9 Å². The highest BCUT2D eigenvalue weighted by atomic mass is 35.5. The van der Waals surface area contributed by atoms with Crippen LogP contribution in [0.4, 0.5) is 5.82 Å². The average Bonchev–Trinajstić information content (AvgIpc) is 2.92. The molecule has 0 aliphatic carbocycles. The molecule has 8 nitrogen and oxygen atoms in total. The number of halogens is 1. The Hall–Kier alpha value is -2.61. The molecule has 0 bridgehead atoms. The quantitative estimate of drug-likeness (QED) is 0.446. The van der Waals surface area contributed by atoms with E-state index in [9.17, 15) is 14.9 Å². The van der Waals surface area contributed by atoms with Crippen molar-refractivity contribution in [2.45, 2.75) is 19.9 Å². The molecule has 0 aliphatic rings. The molecule has 24 heavy (non-hydrogen) atoms. The summed E-state index contributed by atoms with van der Waals surface area (Å²) in [7, 11) is 0. The van der Waals surface area contributed by atoms with Gasteiger partial charge in [-0.05, 0) is 34.2 Å². The third kappa shape index (κ3) is 5.24. The van der Waals surface area contributed by atoms with Crippen LogP contribution in [0.3, 0.4) is 0 Å². The van der Waals surface area contributed by atoms with Crippen molar-refractivity contribution < 1.29 is 14.5 Å². The maximum Gasteiger partial charge on any atom is 0.381 e. The van der Waals surface area contributed by atoms with Gasteiger partial charge in [-0.3, -0.25) is 4.79 Å². The first-order valence-corrected chi connectivity index (χ1v) is 7.67. The Labute approximate surface area is 143 Å². The van der Waals surface area contributed by atoms with Gasteiger partial charge in [-0.25, -0.2) is 0 Å². The summed E-state index contributed by atoms with van der Waals surface area (Å²) in [5.74, 6) is 0.797. The first-order valence-electron chi connectivity index (χ1n) is 7.29. The smallest absolute Gasteiger partial charge is 0.381 e. The number of amides is 1. The molecule has 0 spiro atoms. The van der Waals surface area contributed by atoms with Crippen LogP contribution in [-0.2, 0) is 11.3 Å². The van der Waals surface area contributed by atoms with Gasteiger partial charge in [-0.15, -0.1) is 0 Å². The van der Waals surface area contributed by atoms with Crippen molar-refractivity contribution in [3.8, 4) is 5.75 Å². The minimum Gasteiger partial charge on any atom is -0.492 e. The van der Waals surface area contributed by atoms with E-state index >= 15 is 0 Å². The molecule has 2 aromatic rings. The molecule has 0 aliphatic heterocycles. The minimum absolute atomic E-state index is 0.162. The van der Waals surface area contributed by atoms with E-state index in [1.165, 1.54) is 6.20 Å². The van der Waals surface area contributed by atoms with E-state index in [1.54, 1.807) is 35.8 Å². The molecular formula is C15H17ClN4O4. The van der Waals surface area contributed by atoms with Crippen LogP contribution >= 0.6 is 11.6 Å². The van der Waals surface area contributed by atoms with E-state index in [-0.39, 0.29) is 18.1 Å². The number of carbonyl (C=O) groups excluding carboxylic acids is 1. The molecule has 0 saturated heterocycles. The molecule has 9 heteroatoms. The highest BCUT2D eigenvalue weighted by molar-refractivity contribution is 6.30. The zero-order chi connectivity index (χ0) is 17.5. The number of nitrogens with zero attached hydrogens (tertiary/aromatic N) is 3. The minimum atomic E-state index is -0.558. The fraction of sp³-hybridized carbons (Fsp3) is 0.333. The summed E-state index contributed by atoms with van der Waals surface area (Å²) in [6, 6.07) is 6.95. The number of aromatic nitrogens is 2. The van der Waals surface area contributed by atoms with Gasteiger partial charge in [-0.2, -0.15) is 0 Å². The monoisotopic (exact) mass is 352 g/mol. The maximum absolute atomic E-state index is 11.8.